The molecule has 1 aromatic heterocycles. The van der Waals surface area contributed by atoms with E-state index >= 15 is 0 Å². The third-order valence-electron chi connectivity index (χ3n) is 2.44. The molecule has 0 aliphatic rings. The Morgan fingerprint density at radius 1 is 1.55 bits per heavy atom. The van der Waals surface area contributed by atoms with Crippen molar-refractivity contribution in [3.63, 3.8) is 0 Å². The average Bonchev–Trinajstić information content (AvgIpc) is 2.45. The maximum absolute atomic E-state index is 11.9. The van der Waals surface area contributed by atoms with Crippen molar-refractivity contribution in [2.75, 3.05) is 26.8 Å². The molecule has 8 nitrogen and oxygen atoms in total. The minimum Gasteiger partial charge on any atom is -0.383 e. The van der Waals surface area contributed by atoms with Crippen LogP contribution in [-0.4, -0.2) is 52.2 Å². The standard InChI is InChI=1S/C12H21N5O3S.HI/c1-10(9-20-2)17-12(13)15-6-7-16-21(18,19)11-4-3-5-14-8-11;/h3-5,8,10,16H,6-7,9H2,1-2H3,(H3,13,15,17);1H. The zero-order valence-corrected chi connectivity index (χ0v) is 15.7. The summed E-state index contributed by atoms with van der Waals surface area (Å²) in [6, 6.07) is 3.07. The molecule has 1 aromatic rings. The number of methoxy groups -OCH3 is 1. The lowest BCUT2D eigenvalue weighted by atomic mass is 10.4. The number of sulfonamides is 1. The largest absolute Gasteiger partial charge is 0.383 e. The molecular formula is C12H22IN5O3S. The van der Waals surface area contributed by atoms with E-state index in [0.717, 1.165) is 0 Å². The molecule has 126 valence electrons. The lowest BCUT2D eigenvalue weighted by Crippen LogP contribution is -2.41. The Hall–Kier alpha value is -0.980. The molecule has 4 N–H and O–H groups in total. The summed E-state index contributed by atoms with van der Waals surface area (Å²) in [5.41, 5.74) is 5.66. The minimum atomic E-state index is -3.55. The van der Waals surface area contributed by atoms with Gasteiger partial charge >= 0.3 is 0 Å². The molecular weight excluding hydrogens is 421 g/mol. The van der Waals surface area contributed by atoms with Crippen LogP contribution in [0.3, 0.4) is 0 Å². The average molecular weight is 443 g/mol. The molecule has 0 saturated carbocycles. The summed E-state index contributed by atoms with van der Waals surface area (Å²) >= 11 is 0. The topological polar surface area (TPSA) is 119 Å². The third kappa shape index (κ3) is 7.87. The molecule has 0 aliphatic carbocycles. The fourth-order valence-corrected chi connectivity index (χ4v) is 2.52. The van der Waals surface area contributed by atoms with Crippen LogP contribution in [0.15, 0.2) is 34.4 Å². The first-order chi connectivity index (χ1) is 9.95. The number of ether oxygens (including phenoxy) is 1. The van der Waals surface area contributed by atoms with Crippen LogP contribution in [0.2, 0.25) is 0 Å². The van der Waals surface area contributed by atoms with Gasteiger partial charge in [0.1, 0.15) is 4.90 Å². The summed E-state index contributed by atoms with van der Waals surface area (Å²) in [6.45, 7) is 2.79. The Morgan fingerprint density at radius 2 is 2.27 bits per heavy atom. The molecule has 10 heteroatoms. The normalized spacial score (nSPS) is 13.3. The Morgan fingerprint density at radius 3 is 2.86 bits per heavy atom. The van der Waals surface area contributed by atoms with Crippen molar-refractivity contribution in [3.05, 3.63) is 24.5 Å². The van der Waals surface area contributed by atoms with Gasteiger partial charge < -0.3 is 15.8 Å². The summed E-state index contributed by atoms with van der Waals surface area (Å²) in [5, 5.41) is 2.93. The van der Waals surface area contributed by atoms with Gasteiger partial charge in [0.05, 0.1) is 13.2 Å². The monoisotopic (exact) mass is 443 g/mol. The first-order valence-electron chi connectivity index (χ1n) is 6.41. The highest BCUT2D eigenvalue weighted by molar-refractivity contribution is 14.0. The maximum atomic E-state index is 11.9. The van der Waals surface area contributed by atoms with Crippen LogP contribution in [-0.2, 0) is 14.8 Å². The second-order valence-electron chi connectivity index (χ2n) is 4.35. The summed E-state index contributed by atoms with van der Waals surface area (Å²) in [7, 11) is -1.96. The van der Waals surface area contributed by atoms with Gasteiger partial charge in [-0.05, 0) is 19.1 Å². The van der Waals surface area contributed by atoms with Gasteiger partial charge in [-0.3, -0.25) is 9.98 Å². The van der Waals surface area contributed by atoms with Gasteiger partial charge in [0.15, 0.2) is 5.96 Å². The second-order valence-corrected chi connectivity index (χ2v) is 6.12. The van der Waals surface area contributed by atoms with Crippen LogP contribution in [0.25, 0.3) is 0 Å². The van der Waals surface area contributed by atoms with Crippen LogP contribution in [0, 0.1) is 0 Å². The molecule has 0 aliphatic heterocycles. The number of guanidine groups is 1. The SMILES string of the molecule is COCC(C)NC(N)=NCCNS(=O)(=O)c1cccnc1.I. The third-order valence-corrected chi connectivity index (χ3v) is 3.89. The zero-order chi connectivity index (χ0) is 15.7. The first kappa shape index (κ1) is 21.0. The number of nitrogens with zero attached hydrogens (tertiary/aromatic N) is 2. The Kier molecular flexibility index (Phi) is 10.2. The maximum Gasteiger partial charge on any atom is 0.242 e. The summed E-state index contributed by atoms with van der Waals surface area (Å²) in [5.74, 6) is 0.250. The van der Waals surface area contributed by atoms with Gasteiger partial charge in [0.2, 0.25) is 10.0 Å². The van der Waals surface area contributed by atoms with Crippen LogP contribution in [0.1, 0.15) is 6.92 Å². The van der Waals surface area contributed by atoms with Crippen LogP contribution in [0.5, 0.6) is 0 Å². The van der Waals surface area contributed by atoms with Gasteiger partial charge in [0, 0.05) is 32.1 Å². The predicted molar refractivity (Wildman–Crippen MR) is 95.8 cm³/mol. The number of nitrogens with one attached hydrogen (secondary N) is 2. The highest BCUT2D eigenvalue weighted by Crippen LogP contribution is 2.04. The number of rotatable bonds is 8. The molecule has 0 spiro atoms. The van der Waals surface area contributed by atoms with Crippen molar-refractivity contribution < 1.29 is 13.2 Å². The molecule has 0 fully saturated rings. The van der Waals surface area contributed by atoms with E-state index in [4.69, 9.17) is 10.5 Å². The lowest BCUT2D eigenvalue weighted by Gasteiger charge is -2.13. The highest BCUT2D eigenvalue weighted by Gasteiger charge is 2.12. The number of nitrogens with two attached hydrogens (primary N) is 1. The highest BCUT2D eigenvalue weighted by atomic mass is 127. The van der Waals surface area contributed by atoms with E-state index in [1.165, 1.54) is 18.5 Å². The number of aromatic nitrogens is 1. The molecule has 22 heavy (non-hydrogen) atoms. The second kappa shape index (κ2) is 10.7. The number of pyridine rings is 1. The molecule has 1 rings (SSSR count). The predicted octanol–water partition coefficient (Wildman–Crippen LogP) is -0.0829. The molecule has 0 aromatic carbocycles. The fraction of sp³-hybridized carbons (Fsp3) is 0.500. The van der Waals surface area contributed by atoms with Crippen LogP contribution in [0.4, 0.5) is 0 Å². The molecule has 1 atom stereocenters. The van der Waals surface area contributed by atoms with E-state index in [-0.39, 0.29) is 54.0 Å². The van der Waals surface area contributed by atoms with Crippen LogP contribution >= 0.6 is 24.0 Å². The van der Waals surface area contributed by atoms with Crippen molar-refractivity contribution in [2.45, 2.75) is 17.9 Å². The smallest absolute Gasteiger partial charge is 0.242 e. The van der Waals surface area contributed by atoms with Gasteiger partial charge in [-0.25, -0.2) is 13.1 Å². The van der Waals surface area contributed by atoms with Crippen molar-refractivity contribution in [1.82, 2.24) is 15.0 Å². The van der Waals surface area contributed by atoms with Crippen molar-refractivity contribution in [2.24, 2.45) is 10.7 Å². The van der Waals surface area contributed by atoms with E-state index in [0.29, 0.717) is 6.61 Å². The van der Waals surface area contributed by atoms with Gasteiger partial charge in [-0.2, -0.15) is 0 Å². The van der Waals surface area contributed by atoms with Crippen LogP contribution < -0.4 is 15.8 Å². The van der Waals surface area contributed by atoms with Crippen molar-refractivity contribution in [1.29, 1.82) is 0 Å². The first-order valence-corrected chi connectivity index (χ1v) is 7.89. The summed E-state index contributed by atoms with van der Waals surface area (Å²) in [6.07, 6.45) is 2.80. The Bertz CT molecular complexity index is 553. The molecule has 1 unspecified atom stereocenters. The van der Waals surface area contributed by atoms with E-state index in [9.17, 15) is 8.42 Å². The summed E-state index contributed by atoms with van der Waals surface area (Å²) in [4.78, 5) is 7.92. The molecule has 0 bridgehead atoms. The van der Waals surface area contributed by atoms with E-state index in [1.807, 2.05) is 6.92 Å². The van der Waals surface area contributed by atoms with Gasteiger partial charge in [0.25, 0.3) is 0 Å². The number of halogens is 1. The Labute approximate surface area is 148 Å². The van der Waals surface area contributed by atoms with Crippen molar-refractivity contribution >= 4 is 40.0 Å². The molecule has 1 heterocycles. The molecule has 0 radical (unpaired) electrons. The number of aliphatic imine (C=N–C) groups is 1. The molecule has 0 saturated heterocycles. The number of hydrogen-bond donors (Lipinski definition) is 3. The molecule has 0 amide bonds. The summed E-state index contributed by atoms with van der Waals surface area (Å²) < 4.78 is 31.1. The fourth-order valence-electron chi connectivity index (χ4n) is 1.54. The lowest BCUT2D eigenvalue weighted by molar-refractivity contribution is 0.179. The quantitative estimate of drug-likeness (QED) is 0.224. The zero-order valence-electron chi connectivity index (χ0n) is 12.5. The Balaban J connectivity index is 0.00000441. The van der Waals surface area contributed by atoms with Gasteiger partial charge in [-0.15, -0.1) is 24.0 Å². The van der Waals surface area contributed by atoms with Gasteiger partial charge in [-0.1, -0.05) is 0 Å². The van der Waals surface area contributed by atoms with E-state index in [2.05, 4.69) is 20.0 Å². The number of hydrogen-bond acceptors (Lipinski definition) is 5. The van der Waals surface area contributed by atoms with E-state index in [1.54, 1.807) is 13.2 Å². The van der Waals surface area contributed by atoms with E-state index < -0.39 is 10.0 Å². The van der Waals surface area contributed by atoms with Crippen molar-refractivity contribution in [3.8, 4) is 0 Å². The minimum absolute atomic E-state index is 0.